The van der Waals surface area contributed by atoms with Gasteiger partial charge >= 0.3 is 0 Å². The summed E-state index contributed by atoms with van der Waals surface area (Å²) in [6.07, 6.45) is 1.51. The molecular weight excluding hydrogens is 384 g/mol. The van der Waals surface area contributed by atoms with Crippen LogP contribution in [0.3, 0.4) is 0 Å². The van der Waals surface area contributed by atoms with Crippen molar-refractivity contribution in [3.63, 3.8) is 0 Å². The molecule has 0 bridgehead atoms. The summed E-state index contributed by atoms with van der Waals surface area (Å²) in [7, 11) is -3.86. The number of piperidine rings is 1. The van der Waals surface area contributed by atoms with Gasteiger partial charge in [-0.15, -0.1) is 12.4 Å². The highest BCUT2D eigenvalue weighted by molar-refractivity contribution is 7.89. The number of carbonyl (C=O) groups excluding carboxylic acids is 1. The number of hydrogen-bond donors (Lipinski definition) is 3. The number of hydrogen-bond acceptors (Lipinski definition) is 6. The minimum atomic E-state index is -3.86. The van der Waals surface area contributed by atoms with Crippen molar-refractivity contribution in [3.8, 4) is 0 Å². The molecule has 1 amide bonds. The molecule has 0 saturated carbocycles. The number of nitrogens with zero attached hydrogens (tertiary/aromatic N) is 1. The summed E-state index contributed by atoms with van der Waals surface area (Å²) in [5.74, 6) is -0.146. The molecule has 26 heavy (non-hydrogen) atoms. The quantitative estimate of drug-likeness (QED) is 0.348. The summed E-state index contributed by atoms with van der Waals surface area (Å²) >= 11 is 0. The molecule has 1 aliphatic heterocycles. The van der Waals surface area contributed by atoms with E-state index in [0.29, 0.717) is 0 Å². The predicted octanol–water partition coefficient (Wildman–Crippen LogP) is 0.799. The van der Waals surface area contributed by atoms with Crippen molar-refractivity contribution in [2.24, 2.45) is 5.92 Å². The number of non-ortho nitro benzene ring substituents is 1. The lowest BCUT2D eigenvalue weighted by Gasteiger charge is -2.27. The fraction of sp³-hybridized carbons (Fsp3) is 0.533. The summed E-state index contributed by atoms with van der Waals surface area (Å²) in [4.78, 5) is 22.0. The van der Waals surface area contributed by atoms with Crippen molar-refractivity contribution in [2.45, 2.75) is 30.7 Å². The van der Waals surface area contributed by atoms with Crippen LogP contribution in [-0.2, 0) is 14.8 Å². The number of sulfonamides is 1. The molecule has 1 saturated heterocycles. The molecule has 3 N–H and O–H groups in total. The number of carbonyl (C=O) groups is 1. The van der Waals surface area contributed by atoms with Gasteiger partial charge in [-0.25, -0.2) is 13.1 Å². The molecule has 0 aromatic heterocycles. The third-order valence-corrected chi connectivity index (χ3v) is 5.51. The van der Waals surface area contributed by atoms with Crippen molar-refractivity contribution in [1.82, 2.24) is 15.4 Å². The van der Waals surface area contributed by atoms with Crippen LogP contribution in [0.1, 0.15) is 19.8 Å². The zero-order valence-electron chi connectivity index (χ0n) is 14.3. The Bertz CT molecular complexity index is 743. The van der Waals surface area contributed by atoms with E-state index in [-0.39, 0.29) is 53.9 Å². The first-order chi connectivity index (χ1) is 11.8. The van der Waals surface area contributed by atoms with Crippen LogP contribution in [0.25, 0.3) is 0 Å². The van der Waals surface area contributed by atoms with E-state index < -0.39 is 14.9 Å². The average Bonchev–Trinajstić information content (AvgIpc) is 2.58. The van der Waals surface area contributed by atoms with Crippen LogP contribution >= 0.6 is 12.4 Å². The Hall–Kier alpha value is -1.75. The van der Waals surface area contributed by atoms with Gasteiger partial charge in [-0.1, -0.05) is 6.07 Å². The SMILES string of the molecule is C[C@H]1C[C@@H](C(=O)NCCNS(=O)(=O)c2cccc([N+](=O)[O-])c2)CCN1.Cl. The van der Waals surface area contributed by atoms with Crippen molar-refractivity contribution in [3.05, 3.63) is 34.4 Å². The molecule has 1 aliphatic rings. The topological polar surface area (TPSA) is 130 Å². The molecule has 2 rings (SSSR count). The molecule has 1 aromatic carbocycles. The van der Waals surface area contributed by atoms with Crippen LogP contribution in [0.15, 0.2) is 29.2 Å². The van der Waals surface area contributed by atoms with Gasteiger partial charge in [0.1, 0.15) is 0 Å². The largest absolute Gasteiger partial charge is 0.355 e. The molecule has 0 spiro atoms. The minimum Gasteiger partial charge on any atom is -0.355 e. The van der Waals surface area contributed by atoms with Gasteiger partial charge in [0, 0.05) is 37.2 Å². The second-order valence-electron chi connectivity index (χ2n) is 6.02. The second-order valence-corrected chi connectivity index (χ2v) is 7.79. The molecular formula is C15H23ClN4O5S. The van der Waals surface area contributed by atoms with E-state index in [2.05, 4.69) is 15.4 Å². The number of rotatable bonds is 7. The van der Waals surface area contributed by atoms with Crippen molar-refractivity contribution in [1.29, 1.82) is 0 Å². The molecule has 1 aromatic rings. The standard InChI is InChI=1S/C15H22N4O5S.ClH/c1-11-9-12(5-6-16-11)15(20)17-7-8-18-25(23,24)14-4-2-3-13(10-14)19(21)22;/h2-4,10-12,16,18H,5-9H2,1H3,(H,17,20);1H/t11-,12-;/m0./s1. The van der Waals surface area contributed by atoms with E-state index >= 15 is 0 Å². The van der Waals surface area contributed by atoms with Gasteiger partial charge in [0.25, 0.3) is 5.69 Å². The fourth-order valence-electron chi connectivity index (χ4n) is 2.73. The Kier molecular flexibility index (Phi) is 8.41. The number of nitro benzene ring substituents is 1. The molecule has 0 radical (unpaired) electrons. The molecule has 1 heterocycles. The van der Waals surface area contributed by atoms with E-state index in [1.807, 2.05) is 6.92 Å². The highest BCUT2D eigenvalue weighted by atomic mass is 35.5. The summed E-state index contributed by atoms with van der Waals surface area (Å²) in [6, 6.07) is 5.10. The van der Waals surface area contributed by atoms with Gasteiger partial charge in [-0.05, 0) is 32.4 Å². The molecule has 0 aliphatic carbocycles. The number of nitro groups is 1. The van der Waals surface area contributed by atoms with Gasteiger partial charge in [0.15, 0.2) is 0 Å². The maximum Gasteiger partial charge on any atom is 0.270 e. The Labute approximate surface area is 158 Å². The zero-order chi connectivity index (χ0) is 18.4. The summed E-state index contributed by atoms with van der Waals surface area (Å²) in [5.41, 5.74) is -0.295. The molecule has 11 heteroatoms. The first kappa shape index (κ1) is 22.3. The molecule has 1 fully saturated rings. The van der Waals surface area contributed by atoms with E-state index in [0.717, 1.165) is 25.5 Å². The first-order valence-electron chi connectivity index (χ1n) is 8.05. The number of halogens is 1. The van der Waals surface area contributed by atoms with E-state index in [9.17, 15) is 23.3 Å². The normalized spacial score (nSPS) is 20.0. The summed E-state index contributed by atoms with van der Waals surface area (Å²) in [5, 5.41) is 16.7. The van der Waals surface area contributed by atoms with Crippen molar-refractivity contribution in [2.75, 3.05) is 19.6 Å². The van der Waals surface area contributed by atoms with Crippen LogP contribution in [0.4, 0.5) is 5.69 Å². The fourth-order valence-corrected chi connectivity index (χ4v) is 3.80. The number of nitrogens with one attached hydrogen (secondary N) is 3. The van der Waals surface area contributed by atoms with Crippen LogP contribution in [-0.4, -0.2) is 44.9 Å². The Morgan fingerprint density at radius 2 is 2.12 bits per heavy atom. The summed E-state index contributed by atoms with van der Waals surface area (Å²) in [6.45, 7) is 2.98. The molecule has 9 nitrogen and oxygen atoms in total. The third-order valence-electron chi connectivity index (χ3n) is 4.05. The van der Waals surface area contributed by atoms with Crippen LogP contribution in [0.5, 0.6) is 0 Å². The van der Waals surface area contributed by atoms with E-state index in [4.69, 9.17) is 0 Å². The van der Waals surface area contributed by atoms with Crippen molar-refractivity contribution >= 4 is 34.0 Å². The highest BCUT2D eigenvalue weighted by Crippen LogP contribution is 2.17. The molecule has 0 unspecified atom stereocenters. The Balaban J connectivity index is 0.00000338. The predicted molar refractivity (Wildman–Crippen MR) is 98.7 cm³/mol. The van der Waals surface area contributed by atoms with Crippen LogP contribution in [0.2, 0.25) is 0 Å². The second kappa shape index (κ2) is 9.81. The summed E-state index contributed by atoms with van der Waals surface area (Å²) < 4.78 is 26.6. The monoisotopic (exact) mass is 406 g/mol. The van der Waals surface area contributed by atoms with E-state index in [1.54, 1.807) is 0 Å². The maximum absolute atomic E-state index is 12.1. The van der Waals surface area contributed by atoms with Crippen molar-refractivity contribution < 1.29 is 18.1 Å². The number of benzene rings is 1. The smallest absolute Gasteiger partial charge is 0.270 e. The Morgan fingerprint density at radius 1 is 1.38 bits per heavy atom. The lowest BCUT2D eigenvalue weighted by atomic mass is 9.92. The Morgan fingerprint density at radius 3 is 2.77 bits per heavy atom. The lowest BCUT2D eigenvalue weighted by molar-refractivity contribution is -0.385. The average molecular weight is 407 g/mol. The van der Waals surface area contributed by atoms with Gasteiger partial charge < -0.3 is 10.6 Å². The first-order valence-corrected chi connectivity index (χ1v) is 9.53. The lowest BCUT2D eigenvalue weighted by Crippen LogP contribution is -2.44. The van der Waals surface area contributed by atoms with E-state index in [1.165, 1.54) is 18.2 Å². The van der Waals surface area contributed by atoms with Gasteiger partial charge in [0.2, 0.25) is 15.9 Å². The molecule has 146 valence electrons. The van der Waals surface area contributed by atoms with Gasteiger partial charge in [-0.2, -0.15) is 0 Å². The maximum atomic E-state index is 12.1. The zero-order valence-corrected chi connectivity index (χ0v) is 15.9. The number of amides is 1. The highest BCUT2D eigenvalue weighted by Gasteiger charge is 2.24. The van der Waals surface area contributed by atoms with Crippen LogP contribution < -0.4 is 15.4 Å². The van der Waals surface area contributed by atoms with Gasteiger partial charge in [-0.3, -0.25) is 14.9 Å². The minimum absolute atomic E-state index is 0. The van der Waals surface area contributed by atoms with Crippen LogP contribution in [0, 0.1) is 16.0 Å². The van der Waals surface area contributed by atoms with Gasteiger partial charge in [0.05, 0.1) is 9.82 Å². The molecule has 2 atom stereocenters. The third kappa shape index (κ3) is 6.20.